The minimum Gasteiger partial charge on any atom is -0.493 e. The molecule has 0 aliphatic heterocycles. The predicted octanol–water partition coefficient (Wildman–Crippen LogP) is 4.50. The van der Waals surface area contributed by atoms with Gasteiger partial charge in [-0.05, 0) is 48.9 Å². The molecule has 0 aliphatic rings. The molecule has 1 rings (SSSR count). The normalized spacial score (nSPS) is 10.9. The van der Waals surface area contributed by atoms with Crippen molar-refractivity contribution in [3.8, 4) is 5.75 Å². The Kier molecular flexibility index (Phi) is 7.36. The first kappa shape index (κ1) is 15.5. The molecule has 1 N–H and O–H groups in total. The van der Waals surface area contributed by atoms with Crippen LogP contribution < -0.4 is 4.74 Å². The van der Waals surface area contributed by atoms with E-state index in [1.165, 1.54) is 5.56 Å². The average molecular weight is 315 g/mol. The van der Waals surface area contributed by atoms with Crippen molar-refractivity contribution in [2.75, 3.05) is 13.2 Å². The fourth-order valence-electron chi connectivity index (χ4n) is 1.85. The van der Waals surface area contributed by atoms with Crippen LogP contribution in [-0.2, 0) is 0 Å². The standard InChI is InChI=1S/C15H23BrO2/c1-12(2)14-11-13(16)7-8-15(14)18-10-6-4-3-5-9-17/h7-8,11-12,17H,3-6,9-10H2,1-2H3. The molecule has 102 valence electrons. The highest BCUT2D eigenvalue weighted by Crippen LogP contribution is 2.29. The van der Waals surface area contributed by atoms with Crippen molar-refractivity contribution in [3.05, 3.63) is 28.2 Å². The summed E-state index contributed by atoms with van der Waals surface area (Å²) in [6.07, 6.45) is 4.15. The van der Waals surface area contributed by atoms with E-state index in [9.17, 15) is 0 Å². The van der Waals surface area contributed by atoms with Gasteiger partial charge in [-0.25, -0.2) is 0 Å². The molecule has 1 aromatic carbocycles. The van der Waals surface area contributed by atoms with Gasteiger partial charge in [0.25, 0.3) is 0 Å². The number of rotatable bonds is 8. The van der Waals surface area contributed by atoms with Crippen LogP contribution in [0.4, 0.5) is 0 Å². The molecule has 0 atom stereocenters. The molecule has 0 heterocycles. The van der Waals surface area contributed by atoms with Gasteiger partial charge in [-0.15, -0.1) is 0 Å². The van der Waals surface area contributed by atoms with Crippen LogP contribution in [0.5, 0.6) is 5.75 Å². The minimum absolute atomic E-state index is 0.297. The van der Waals surface area contributed by atoms with E-state index in [-0.39, 0.29) is 0 Å². The summed E-state index contributed by atoms with van der Waals surface area (Å²) in [5, 5.41) is 8.69. The van der Waals surface area contributed by atoms with Crippen LogP contribution in [0.25, 0.3) is 0 Å². The zero-order chi connectivity index (χ0) is 13.4. The number of ether oxygens (including phenoxy) is 1. The van der Waals surface area contributed by atoms with Crippen molar-refractivity contribution in [1.29, 1.82) is 0 Å². The zero-order valence-corrected chi connectivity index (χ0v) is 12.9. The fourth-order valence-corrected chi connectivity index (χ4v) is 2.23. The Labute approximate surface area is 118 Å². The molecule has 18 heavy (non-hydrogen) atoms. The minimum atomic E-state index is 0.297. The van der Waals surface area contributed by atoms with Gasteiger partial charge in [-0.1, -0.05) is 36.2 Å². The Morgan fingerprint density at radius 2 is 1.89 bits per heavy atom. The van der Waals surface area contributed by atoms with Crippen LogP contribution in [0.2, 0.25) is 0 Å². The fraction of sp³-hybridized carbons (Fsp3) is 0.600. The molecule has 1 aromatic rings. The van der Waals surface area contributed by atoms with Crippen molar-refractivity contribution in [1.82, 2.24) is 0 Å². The number of aliphatic hydroxyl groups excluding tert-OH is 1. The van der Waals surface area contributed by atoms with Gasteiger partial charge in [0, 0.05) is 11.1 Å². The van der Waals surface area contributed by atoms with Crippen LogP contribution in [0, 0.1) is 0 Å². The Morgan fingerprint density at radius 1 is 1.17 bits per heavy atom. The van der Waals surface area contributed by atoms with Crippen molar-refractivity contribution in [2.24, 2.45) is 0 Å². The summed E-state index contributed by atoms with van der Waals surface area (Å²) in [5.41, 5.74) is 1.25. The monoisotopic (exact) mass is 314 g/mol. The zero-order valence-electron chi connectivity index (χ0n) is 11.3. The number of benzene rings is 1. The maximum atomic E-state index is 8.69. The number of hydrogen-bond donors (Lipinski definition) is 1. The van der Waals surface area contributed by atoms with Gasteiger partial charge >= 0.3 is 0 Å². The third kappa shape index (κ3) is 5.40. The highest BCUT2D eigenvalue weighted by Gasteiger charge is 2.08. The molecule has 0 aromatic heterocycles. The number of aliphatic hydroxyl groups is 1. The second kappa shape index (κ2) is 8.54. The third-order valence-electron chi connectivity index (χ3n) is 2.90. The van der Waals surface area contributed by atoms with Crippen LogP contribution in [-0.4, -0.2) is 18.3 Å². The molecule has 0 saturated heterocycles. The summed E-state index contributed by atoms with van der Waals surface area (Å²) in [5.74, 6) is 1.46. The summed E-state index contributed by atoms with van der Waals surface area (Å²) in [7, 11) is 0. The van der Waals surface area contributed by atoms with Crippen LogP contribution in [0.1, 0.15) is 51.0 Å². The first-order valence-corrected chi connectivity index (χ1v) is 7.47. The van der Waals surface area contributed by atoms with E-state index in [2.05, 4.69) is 35.8 Å². The summed E-state index contributed by atoms with van der Waals surface area (Å²) in [6.45, 7) is 5.41. The lowest BCUT2D eigenvalue weighted by molar-refractivity contribution is 0.272. The number of hydrogen-bond acceptors (Lipinski definition) is 2. The summed E-state index contributed by atoms with van der Waals surface area (Å²) in [6, 6.07) is 6.19. The van der Waals surface area contributed by atoms with Crippen molar-refractivity contribution in [2.45, 2.75) is 45.4 Å². The van der Waals surface area contributed by atoms with Crippen molar-refractivity contribution >= 4 is 15.9 Å². The molecular formula is C15H23BrO2. The number of halogens is 1. The molecule has 0 amide bonds. The molecule has 0 aliphatic carbocycles. The van der Waals surface area contributed by atoms with Gasteiger partial charge in [0.1, 0.15) is 5.75 Å². The van der Waals surface area contributed by atoms with E-state index < -0.39 is 0 Å². The Balaban J connectivity index is 2.42. The molecule has 0 unspecified atom stereocenters. The van der Waals surface area contributed by atoms with E-state index in [0.29, 0.717) is 12.5 Å². The Hall–Kier alpha value is -0.540. The van der Waals surface area contributed by atoms with Gasteiger partial charge in [0.2, 0.25) is 0 Å². The lowest BCUT2D eigenvalue weighted by Crippen LogP contribution is -2.01. The largest absolute Gasteiger partial charge is 0.493 e. The smallest absolute Gasteiger partial charge is 0.122 e. The maximum absolute atomic E-state index is 8.69. The lowest BCUT2D eigenvalue weighted by Gasteiger charge is -2.14. The number of unbranched alkanes of at least 4 members (excludes halogenated alkanes) is 3. The van der Waals surface area contributed by atoms with Crippen molar-refractivity contribution in [3.63, 3.8) is 0 Å². The second-order valence-electron chi connectivity index (χ2n) is 4.82. The van der Waals surface area contributed by atoms with E-state index in [1.54, 1.807) is 0 Å². The quantitative estimate of drug-likeness (QED) is 0.716. The van der Waals surface area contributed by atoms with Gasteiger partial charge < -0.3 is 9.84 Å². The molecule has 0 fully saturated rings. The Bertz CT molecular complexity index is 350. The van der Waals surface area contributed by atoms with Gasteiger partial charge in [0.15, 0.2) is 0 Å². The molecule has 3 heteroatoms. The van der Waals surface area contributed by atoms with Crippen molar-refractivity contribution < 1.29 is 9.84 Å². The lowest BCUT2D eigenvalue weighted by atomic mass is 10.0. The predicted molar refractivity (Wildman–Crippen MR) is 79.3 cm³/mol. The summed E-state index contributed by atoms with van der Waals surface area (Å²) >= 11 is 3.50. The van der Waals surface area contributed by atoms with Gasteiger partial charge in [-0.3, -0.25) is 0 Å². The SMILES string of the molecule is CC(C)c1cc(Br)ccc1OCCCCCCO. The molecule has 0 radical (unpaired) electrons. The Morgan fingerprint density at radius 3 is 2.56 bits per heavy atom. The van der Waals surface area contributed by atoms with Crippen LogP contribution in [0.15, 0.2) is 22.7 Å². The topological polar surface area (TPSA) is 29.5 Å². The second-order valence-corrected chi connectivity index (χ2v) is 5.74. The molecule has 0 saturated carbocycles. The van der Waals surface area contributed by atoms with Crippen LogP contribution >= 0.6 is 15.9 Å². The highest BCUT2D eigenvalue weighted by atomic mass is 79.9. The summed E-state index contributed by atoms with van der Waals surface area (Å²) < 4.78 is 6.95. The highest BCUT2D eigenvalue weighted by molar-refractivity contribution is 9.10. The van der Waals surface area contributed by atoms with Crippen LogP contribution in [0.3, 0.4) is 0 Å². The molecule has 0 spiro atoms. The first-order valence-electron chi connectivity index (χ1n) is 6.68. The van der Waals surface area contributed by atoms with E-state index in [1.807, 2.05) is 12.1 Å². The summed E-state index contributed by atoms with van der Waals surface area (Å²) in [4.78, 5) is 0. The third-order valence-corrected chi connectivity index (χ3v) is 3.40. The van der Waals surface area contributed by atoms with E-state index >= 15 is 0 Å². The van der Waals surface area contributed by atoms with E-state index in [4.69, 9.17) is 9.84 Å². The van der Waals surface area contributed by atoms with Gasteiger partial charge in [0.05, 0.1) is 6.61 Å². The first-order chi connectivity index (χ1) is 8.65. The molecule has 0 bridgehead atoms. The van der Waals surface area contributed by atoms with Gasteiger partial charge in [-0.2, -0.15) is 0 Å². The molecular weight excluding hydrogens is 292 g/mol. The van der Waals surface area contributed by atoms with E-state index in [0.717, 1.165) is 42.5 Å². The maximum Gasteiger partial charge on any atom is 0.122 e. The average Bonchev–Trinajstić information content (AvgIpc) is 2.35. The molecule has 2 nitrogen and oxygen atoms in total.